The minimum absolute atomic E-state index is 0. The molecule has 0 aliphatic carbocycles. The smallest absolute Gasteiger partial charge is 0.410 e. The molecule has 3 rings (SSSR count). The van der Waals surface area contributed by atoms with Crippen molar-refractivity contribution in [1.82, 2.24) is 15.1 Å². The Kier molecular flexibility index (Phi) is 8.36. The lowest BCUT2D eigenvalue weighted by Gasteiger charge is -2.39. The number of amides is 1. The van der Waals surface area contributed by atoms with Gasteiger partial charge >= 0.3 is 6.09 Å². The van der Waals surface area contributed by atoms with Crippen molar-refractivity contribution in [3.8, 4) is 0 Å². The van der Waals surface area contributed by atoms with Gasteiger partial charge in [0.2, 0.25) is 0 Å². The molecule has 8 heteroatoms. The monoisotopic (exact) mass is 502 g/mol. The molecule has 0 spiro atoms. The summed E-state index contributed by atoms with van der Waals surface area (Å²) >= 11 is 0. The summed E-state index contributed by atoms with van der Waals surface area (Å²) in [5, 5.41) is 3.37. The highest BCUT2D eigenvalue weighted by molar-refractivity contribution is 14.0. The van der Waals surface area contributed by atoms with Crippen LogP contribution < -0.4 is 5.32 Å². The molecule has 1 aromatic carbocycles. The van der Waals surface area contributed by atoms with Crippen LogP contribution in [0.3, 0.4) is 0 Å². The Labute approximate surface area is 184 Å². The average Bonchev–Trinajstić information content (AvgIpc) is 3.03. The van der Waals surface area contributed by atoms with Crippen LogP contribution in [0.1, 0.15) is 26.3 Å². The van der Waals surface area contributed by atoms with Gasteiger partial charge < -0.3 is 24.6 Å². The summed E-state index contributed by atoms with van der Waals surface area (Å²) in [6.45, 7) is 10.4. The third-order valence-electron chi connectivity index (χ3n) is 4.50. The van der Waals surface area contributed by atoms with Crippen molar-refractivity contribution in [2.24, 2.45) is 4.99 Å². The molecule has 2 aliphatic rings. The highest BCUT2D eigenvalue weighted by Crippen LogP contribution is 2.18. The molecule has 156 valence electrons. The van der Waals surface area contributed by atoms with E-state index in [9.17, 15) is 4.79 Å². The SMILES string of the molecule is CC(C)(C)OC(=O)N1CCN2C(NCCOCc3ccccc3)=NCC2C1.I. The number of carbonyl (C=O) groups excluding carboxylic acids is 1. The molecule has 1 unspecified atom stereocenters. The fraction of sp³-hybridized carbons (Fsp3) is 0.600. The van der Waals surface area contributed by atoms with E-state index in [4.69, 9.17) is 9.47 Å². The van der Waals surface area contributed by atoms with Crippen LogP contribution in [0.25, 0.3) is 0 Å². The molecule has 2 heterocycles. The maximum absolute atomic E-state index is 12.3. The number of nitrogens with zero attached hydrogens (tertiary/aromatic N) is 3. The molecule has 0 aromatic heterocycles. The lowest BCUT2D eigenvalue weighted by molar-refractivity contribution is 0.0137. The van der Waals surface area contributed by atoms with E-state index in [1.54, 1.807) is 4.90 Å². The van der Waals surface area contributed by atoms with Crippen LogP contribution in [0.15, 0.2) is 35.3 Å². The van der Waals surface area contributed by atoms with Crippen LogP contribution in [0, 0.1) is 0 Å². The maximum atomic E-state index is 12.3. The molecule has 1 aromatic rings. The van der Waals surface area contributed by atoms with Gasteiger partial charge in [0.05, 0.1) is 25.8 Å². The van der Waals surface area contributed by atoms with E-state index >= 15 is 0 Å². The number of aliphatic imine (C=N–C) groups is 1. The van der Waals surface area contributed by atoms with Gasteiger partial charge in [0.1, 0.15) is 5.60 Å². The number of nitrogens with one attached hydrogen (secondary N) is 1. The van der Waals surface area contributed by atoms with Crippen LogP contribution >= 0.6 is 24.0 Å². The van der Waals surface area contributed by atoms with Gasteiger partial charge in [-0.05, 0) is 26.3 Å². The molecule has 0 bridgehead atoms. The van der Waals surface area contributed by atoms with E-state index in [1.165, 1.54) is 5.56 Å². The quantitative estimate of drug-likeness (QED) is 0.496. The molecular formula is C20H31IN4O3. The number of ether oxygens (including phenoxy) is 2. The first-order valence-corrected chi connectivity index (χ1v) is 9.57. The van der Waals surface area contributed by atoms with Gasteiger partial charge in [0.15, 0.2) is 5.96 Å². The average molecular weight is 502 g/mol. The number of halogens is 1. The van der Waals surface area contributed by atoms with Crippen LogP contribution in [0.4, 0.5) is 4.79 Å². The van der Waals surface area contributed by atoms with Gasteiger partial charge in [-0.3, -0.25) is 4.99 Å². The fourth-order valence-corrected chi connectivity index (χ4v) is 3.22. The van der Waals surface area contributed by atoms with Crippen LogP contribution in [-0.4, -0.2) is 72.8 Å². The zero-order chi connectivity index (χ0) is 19.3. The van der Waals surface area contributed by atoms with E-state index in [0.717, 1.165) is 12.5 Å². The van der Waals surface area contributed by atoms with Crippen molar-refractivity contribution in [2.45, 2.75) is 39.0 Å². The number of piperazine rings is 1. The number of benzene rings is 1. The summed E-state index contributed by atoms with van der Waals surface area (Å²) in [6.07, 6.45) is -0.238. The first kappa shape index (κ1) is 22.7. The lowest BCUT2D eigenvalue weighted by atomic mass is 10.2. The number of rotatable bonds is 5. The lowest BCUT2D eigenvalue weighted by Crippen LogP contribution is -2.57. The molecule has 1 atom stereocenters. The molecule has 1 fully saturated rings. The molecule has 2 aliphatic heterocycles. The summed E-state index contributed by atoms with van der Waals surface area (Å²) in [5.74, 6) is 0.909. The third kappa shape index (κ3) is 6.51. The molecular weight excluding hydrogens is 471 g/mol. The van der Waals surface area contributed by atoms with Crippen molar-refractivity contribution in [1.29, 1.82) is 0 Å². The van der Waals surface area contributed by atoms with Crippen LogP contribution in [0.2, 0.25) is 0 Å². The predicted molar refractivity (Wildman–Crippen MR) is 120 cm³/mol. The maximum Gasteiger partial charge on any atom is 0.410 e. The van der Waals surface area contributed by atoms with Gasteiger partial charge in [-0.1, -0.05) is 30.3 Å². The van der Waals surface area contributed by atoms with E-state index in [0.29, 0.717) is 39.4 Å². The van der Waals surface area contributed by atoms with Crippen molar-refractivity contribution in [3.05, 3.63) is 35.9 Å². The Balaban J connectivity index is 0.00000280. The fourth-order valence-electron chi connectivity index (χ4n) is 3.22. The van der Waals surface area contributed by atoms with Crippen LogP contribution in [-0.2, 0) is 16.1 Å². The van der Waals surface area contributed by atoms with Crippen LogP contribution in [0.5, 0.6) is 0 Å². The normalized spacial score (nSPS) is 18.8. The minimum Gasteiger partial charge on any atom is -0.444 e. The number of guanidine groups is 1. The van der Waals surface area contributed by atoms with Crippen molar-refractivity contribution in [3.63, 3.8) is 0 Å². The standard InChI is InChI=1S/C20H30N4O3.HI/c1-20(2,3)27-19(25)23-10-11-24-17(14-23)13-22-18(24)21-9-12-26-15-16-7-5-4-6-8-16;/h4-8,17H,9-15H2,1-3H3,(H,21,22);1H. The highest BCUT2D eigenvalue weighted by Gasteiger charge is 2.36. The second-order valence-electron chi connectivity index (χ2n) is 7.90. The number of hydrogen-bond acceptors (Lipinski definition) is 6. The van der Waals surface area contributed by atoms with Gasteiger partial charge in [0.25, 0.3) is 0 Å². The summed E-state index contributed by atoms with van der Waals surface area (Å²) in [6, 6.07) is 10.4. The molecule has 1 saturated heterocycles. The summed E-state index contributed by atoms with van der Waals surface area (Å²) < 4.78 is 11.2. The number of hydrogen-bond donors (Lipinski definition) is 1. The van der Waals surface area contributed by atoms with Crippen molar-refractivity contribution >= 4 is 36.0 Å². The first-order valence-electron chi connectivity index (χ1n) is 9.57. The molecule has 1 amide bonds. The Morgan fingerprint density at radius 1 is 1.25 bits per heavy atom. The Morgan fingerprint density at radius 2 is 2.00 bits per heavy atom. The van der Waals surface area contributed by atoms with Gasteiger partial charge in [-0.25, -0.2) is 4.79 Å². The second-order valence-corrected chi connectivity index (χ2v) is 7.90. The largest absolute Gasteiger partial charge is 0.444 e. The molecule has 1 N–H and O–H groups in total. The summed E-state index contributed by atoms with van der Waals surface area (Å²) in [5.41, 5.74) is 0.710. The summed E-state index contributed by atoms with van der Waals surface area (Å²) in [4.78, 5) is 20.9. The van der Waals surface area contributed by atoms with E-state index in [1.807, 2.05) is 39.0 Å². The third-order valence-corrected chi connectivity index (χ3v) is 4.50. The molecule has 7 nitrogen and oxygen atoms in total. The Bertz CT molecular complexity index is 663. The van der Waals surface area contributed by atoms with E-state index in [2.05, 4.69) is 27.3 Å². The molecule has 28 heavy (non-hydrogen) atoms. The van der Waals surface area contributed by atoms with Gasteiger partial charge in [-0.2, -0.15) is 0 Å². The summed E-state index contributed by atoms with van der Waals surface area (Å²) in [7, 11) is 0. The van der Waals surface area contributed by atoms with Gasteiger partial charge in [-0.15, -0.1) is 24.0 Å². The minimum atomic E-state index is -0.465. The van der Waals surface area contributed by atoms with Crippen molar-refractivity contribution in [2.75, 3.05) is 39.3 Å². The molecule has 0 saturated carbocycles. The first-order chi connectivity index (χ1) is 12.9. The second kappa shape index (κ2) is 10.3. The highest BCUT2D eigenvalue weighted by atomic mass is 127. The van der Waals surface area contributed by atoms with Gasteiger partial charge in [0, 0.05) is 26.2 Å². The topological polar surface area (TPSA) is 66.4 Å². The van der Waals surface area contributed by atoms with Crippen molar-refractivity contribution < 1.29 is 14.3 Å². The van der Waals surface area contributed by atoms with E-state index < -0.39 is 5.60 Å². The number of carbonyl (C=O) groups is 1. The zero-order valence-electron chi connectivity index (χ0n) is 16.9. The zero-order valence-corrected chi connectivity index (χ0v) is 19.2. The predicted octanol–water partition coefficient (Wildman–Crippen LogP) is 2.70. The number of fused-ring (bicyclic) bond motifs is 1. The Morgan fingerprint density at radius 3 is 2.71 bits per heavy atom. The Hall–Kier alpha value is -1.55. The molecule has 0 radical (unpaired) electrons. The van der Waals surface area contributed by atoms with E-state index in [-0.39, 0.29) is 36.1 Å².